The molecule has 0 aliphatic carbocycles. The van der Waals surface area contributed by atoms with Crippen molar-refractivity contribution in [3.8, 4) is 0 Å². The van der Waals surface area contributed by atoms with Crippen LogP contribution in [0.5, 0.6) is 0 Å². The highest BCUT2D eigenvalue weighted by atomic mass is 35.5. The summed E-state index contributed by atoms with van der Waals surface area (Å²) in [4.78, 5) is 11.6. The summed E-state index contributed by atoms with van der Waals surface area (Å²) in [5.74, 6) is 2.47. The first-order chi connectivity index (χ1) is 10.5. The van der Waals surface area contributed by atoms with E-state index < -0.39 is 12.5 Å². The highest BCUT2D eigenvalue weighted by Gasteiger charge is 2.34. The van der Waals surface area contributed by atoms with Crippen molar-refractivity contribution >= 4 is 28.5 Å². The van der Waals surface area contributed by atoms with E-state index in [2.05, 4.69) is 20.4 Å². The summed E-state index contributed by atoms with van der Waals surface area (Å²) in [6, 6.07) is 5.96. The van der Waals surface area contributed by atoms with Gasteiger partial charge < -0.3 is 9.99 Å². The van der Waals surface area contributed by atoms with Crippen LogP contribution >= 0.6 is 11.6 Å². The van der Waals surface area contributed by atoms with Crippen molar-refractivity contribution in [2.24, 2.45) is 5.84 Å². The van der Waals surface area contributed by atoms with E-state index in [0.717, 1.165) is 0 Å². The Balaban J connectivity index is 2.03. The van der Waals surface area contributed by atoms with Gasteiger partial charge in [-0.05, 0) is 29.8 Å². The summed E-state index contributed by atoms with van der Waals surface area (Å²) in [6.45, 7) is -0.620. The summed E-state index contributed by atoms with van der Waals surface area (Å²) < 4.78 is 30.0. The molecule has 0 radical (unpaired) electrons. The van der Waals surface area contributed by atoms with Gasteiger partial charge in [0.25, 0.3) is 0 Å². The maximum absolute atomic E-state index is 14.3. The topological polar surface area (TPSA) is 81.6 Å². The number of hydrogen-bond acceptors (Lipinski definition) is 5. The number of hydrogen-bond donors (Lipinski definition) is 2. The second kappa shape index (κ2) is 5.47. The first kappa shape index (κ1) is 14.6. The quantitative estimate of drug-likeness (QED) is 0.438. The smallest absolute Gasteiger partial charge is 0.307 e. The number of halogens is 3. The molecule has 0 unspecified atom stereocenters. The van der Waals surface area contributed by atoms with Crippen LogP contribution in [0.25, 0.3) is 11.0 Å². The van der Waals surface area contributed by atoms with Crippen molar-refractivity contribution in [1.29, 1.82) is 0 Å². The molecule has 114 valence electrons. The number of nitrogens with one attached hydrogen (secondary N) is 1. The minimum absolute atomic E-state index is 0.0819. The lowest BCUT2D eigenvalue weighted by atomic mass is 10.2. The van der Waals surface area contributed by atoms with Crippen molar-refractivity contribution in [3.63, 3.8) is 0 Å². The molecule has 0 saturated carbocycles. The number of nitrogens with two attached hydrogens (primary N) is 1. The fourth-order valence-electron chi connectivity index (χ4n) is 2.15. The lowest BCUT2D eigenvalue weighted by Crippen LogP contribution is -2.22. The van der Waals surface area contributed by atoms with Crippen LogP contribution in [0.2, 0.25) is 5.28 Å². The van der Waals surface area contributed by atoms with Crippen molar-refractivity contribution in [2.75, 3.05) is 5.43 Å². The van der Waals surface area contributed by atoms with Crippen molar-refractivity contribution in [2.45, 2.75) is 12.5 Å². The second-order valence-corrected chi connectivity index (χ2v) is 4.92. The minimum Gasteiger partial charge on any atom is -0.326 e. The first-order valence-electron chi connectivity index (χ1n) is 6.29. The van der Waals surface area contributed by atoms with Crippen LogP contribution < -0.4 is 11.3 Å². The number of alkyl halides is 2. The van der Waals surface area contributed by atoms with E-state index in [-0.39, 0.29) is 22.4 Å². The molecule has 9 heteroatoms. The summed E-state index contributed by atoms with van der Waals surface area (Å²) >= 11 is 5.79. The molecular formula is C13H11ClF2N6. The third-order valence-corrected chi connectivity index (χ3v) is 3.31. The van der Waals surface area contributed by atoms with Crippen molar-refractivity contribution in [1.82, 2.24) is 19.5 Å². The number of anilines is 1. The largest absolute Gasteiger partial charge is 0.326 e. The Hall–Kier alpha value is -2.32. The molecule has 0 saturated heterocycles. The van der Waals surface area contributed by atoms with Crippen molar-refractivity contribution < 1.29 is 8.78 Å². The standard InChI is InChI=1S/C13H11ClF2N6/c14-12-19-10(21-17)8-4-6-22(11(8)20-12)7-13(15,16)9-3-1-2-5-18-9/h1-6H,7,17H2,(H,19,20,21). The maximum atomic E-state index is 14.3. The van der Waals surface area contributed by atoms with Gasteiger partial charge in [0.1, 0.15) is 11.3 Å². The van der Waals surface area contributed by atoms with E-state index >= 15 is 0 Å². The molecule has 3 aromatic heterocycles. The normalized spacial score (nSPS) is 11.8. The number of nitrogens with zero attached hydrogens (tertiary/aromatic N) is 4. The van der Waals surface area contributed by atoms with Crippen LogP contribution in [0.1, 0.15) is 5.69 Å². The molecule has 6 nitrogen and oxygen atoms in total. The van der Waals surface area contributed by atoms with E-state index in [4.69, 9.17) is 17.4 Å². The second-order valence-electron chi connectivity index (χ2n) is 4.59. The van der Waals surface area contributed by atoms with Crippen molar-refractivity contribution in [3.05, 3.63) is 47.6 Å². The van der Waals surface area contributed by atoms with Gasteiger partial charge >= 0.3 is 5.92 Å². The fourth-order valence-corrected chi connectivity index (χ4v) is 2.31. The molecule has 0 bridgehead atoms. The zero-order valence-corrected chi connectivity index (χ0v) is 11.9. The SMILES string of the molecule is NNc1nc(Cl)nc2c1ccn2CC(F)(F)c1ccccn1. The number of fused-ring (bicyclic) bond motifs is 1. The Labute approximate surface area is 128 Å². The van der Waals surface area contributed by atoms with Gasteiger partial charge in [-0.3, -0.25) is 4.98 Å². The minimum atomic E-state index is -3.15. The van der Waals surface area contributed by atoms with Crippen LogP contribution in [0.4, 0.5) is 14.6 Å². The average molecular weight is 325 g/mol. The van der Waals surface area contributed by atoms with E-state index in [1.807, 2.05) is 0 Å². The van der Waals surface area contributed by atoms with Crippen LogP contribution in [-0.2, 0) is 12.5 Å². The summed E-state index contributed by atoms with van der Waals surface area (Å²) in [6.07, 6.45) is 2.81. The third-order valence-electron chi connectivity index (χ3n) is 3.14. The molecule has 3 rings (SSSR count). The zero-order chi connectivity index (χ0) is 15.7. The van der Waals surface area contributed by atoms with Gasteiger partial charge in [-0.1, -0.05) is 6.07 Å². The lowest BCUT2D eigenvalue weighted by Gasteiger charge is -2.17. The lowest BCUT2D eigenvalue weighted by molar-refractivity contribution is -0.0255. The van der Waals surface area contributed by atoms with E-state index in [1.165, 1.54) is 29.1 Å². The van der Waals surface area contributed by atoms with Crippen LogP contribution in [0, 0.1) is 0 Å². The molecule has 0 spiro atoms. The molecule has 0 aliphatic rings. The Kier molecular flexibility index (Phi) is 3.63. The molecule has 3 N–H and O–H groups in total. The zero-order valence-electron chi connectivity index (χ0n) is 11.2. The predicted molar refractivity (Wildman–Crippen MR) is 78.5 cm³/mol. The number of nitrogen functional groups attached to an aromatic ring is 1. The van der Waals surface area contributed by atoms with E-state index in [1.54, 1.807) is 12.1 Å². The van der Waals surface area contributed by atoms with Gasteiger partial charge in [0.15, 0.2) is 5.82 Å². The average Bonchev–Trinajstić information content (AvgIpc) is 2.89. The van der Waals surface area contributed by atoms with Gasteiger partial charge in [-0.15, -0.1) is 0 Å². The highest BCUT2D eigenvalue weighted by Crippen LogP contribution is 2.31. The maximum Gasteiger partial charge on any atom is 0.307 e. The van der Waals surface area contributed by atoms with E-state index in [0.29, 0.717) is 5.39 Å². The van der Waals surface area contributed by atoms with Gasteiger partial charge in [0.2, 0.25) is 5.28 Å². The Bertz CT molecular complexity index is 805. The van der Waals surface area contributed by atoms with Gasteiger partial charge in [-0.2, -0.15) is 18.7 Å². The third kappa shape index (κ3) is 2.58. The molecule has 3 aromatic rings. The van der Waals surface area contributed by atoms with Gasteiger partial charge in [0, 0.05) is 12.4 Å². The molecule has 0 aliphatic heterocycles. The van der Waals surface area contributed by atoms with Gasteiger partial charge in [0.05, 0.1) is 11.9 Å². The molecule has 3 heterocycles. The predicted octanol–water partition coefficient (Wildman–Crippen LogP) is 2.56. The summed E-state index contributed by atoms with van der Waals surface area (Å²) in [5.41, 5.74) is 2.33. The monoisotopic (exact) mass is 324 g/mol. The fraction of sp³-hybridized carbons (Fsp3) is 0.154. The van der Waals surface area contributed by atoms with Crippen LogP contribution in [-0.4, -0.2) is 19.5 Å². The molecule has 0 fully saturated rings. The van der Waals surface area contributed by atoms with Gasteiger partial charge in [-0.25, -0.2) is 5.84 Å². The molecule has 0 atom stereocenters. The molecule has 0 aromatic carbocycles. The van der Waals surface area contributed by atoms with E-state index in [9.17, 15) is 8.78 Å². The van der Waals surface area contributed by atoms with Crippen LogP contribution in [0.3, 0.4) is 0 Å². The number of aromatic nitrogens is 4. The summed E-state index contributed by atoms with van der Waals surface area (Å²) in [7, 11) is 0. The molecular weight excluding hydrogens is 314 g/mol. The number of pyridine rings is 1. The Morgan fingerprint density at radius 2 is 2.09 bits per heavy atom. The Morgan fingerprint density at radius 3 is 2.77 bits per heavy atom. The van der Waals surface area contributed by atoms with Crippen LogP contribution in [0.15, 0.2) is 36.7 Å². The molecule has 22 heavy (non-hydrogen) atoms. The molecule has 0 amide bonds. The first-order valence-corrected chi connectivity index (χ1v) is 6.67. The number of hydrazine groups is 1. The summed E-state index contributed by atoms with van der Waals surface area (Å²) in [5, 5.41) is 0.422. The number of rotatable bonds is 4. The highest BCUT2D eigenvalue weighted by molar-refractivity contribution is 6.28. The Morgan fingerprint density at radius 1 is 1.27 bits per heavy atom.